The van der Waals surface area contributed by atoms with Crippen LogP contribution in [0, 0.1) is 0 Å². The van der Waals surface area contributed by atoms with Crippen molar-refractivity contribution in [1.82, 2.24) is 14.9 Å². The second kappa shape index (κ2) is 41.7. The van der Waals surface area contributed by atoms with Crippen LogP contribution in [0.3, 0.4) is 0 Å². The molecule has 9 heteroatoms. The van der Waals surface area contributed by atoms with Crippen molar-refractivity contribution >= 4 is 11.9 Å². The topological polar surface area (TPSA) is 120 Å². The molecule has 9 nitrogen and oxygen atoms in total. The maximum absolute atomic E-state index is 13.1. The van der Waals surface area contributed by atoms with Gasteiger partial charge in [0.15, 0.2) is 0 Å². The molecule has 1 amide bonds. The zero-order chi connectivity index (χ0) is 41.1. The molecule has 1 heterocycles. The van der Waals surface area contributed by atoms with Gasteiger partial charge in [-0.2, -0.15) is 0 Å². The number of hydrogen-bond acceptors (Lipinski definition) is 7. The third-order valence-electron chi connectivity index (χ3n) is 10.6. The first-order valence-electron chi connectivity index (χ1n) is 23.8. The Morgan fingerprint density at radius 1 is 0.614 bits per heavy atom. The lowest BCUT2D eigenvalue weighted by Crippen LogP contribution is -2.35. The second-order valence-corrected chi connectivity index (χ2v) is 16.1. The van der Waals surface area contributed by atoms with Crippen molar-refractivity contribution in [2.45, 2.75) is 219 Å². The zero-order valence-electron chi connectivity index (χ0n) is 37.0. The van der Waals surface area contributed by atoms with E-state index in [1.165, 1.54) is 167 Å². The van der Waals surface area contributed by atoms with Crippen molar-refractivity contribution in [2.24, 2.45) is 5.73 Å². The number of nitrogens with two attached hydrogens (primary N) is 1. The van der Waals surface area contributed by atoms with Crippen LogP contribution in [0.4, 0.5) is 0 Å². The van der Waals surface area contributed by atoms with Gasteiger partial charge in [0, 0.05) is 30.7 Å². The lowest BCUT2D eigenvalue weighted by atomic mass is 10.0. The van der Waals surface area contributed by atoms with Crippen molar-refractivity contribution < 1.29 is 23.8 Å². The minimum absolute atomic E-state index is 0.0206. The Labute approximate surface area is 350 Å². The molecular weight excluding hydrogens is 713 g/mol. The van der Waals surface area contributed by atoms with E-state index in [4.69, 9.17) is 19.9 Å². The second-order valence-electron chi connectivity index (χ2n) is 16.1. The molecule has 330 valence electrons. The van der Waals surface area contributed by atoms with Crippen molar-refractivity contribution in [1.29, 1.82) is 0 Å². The summed E-state index contributed by atoms with van der Waals surface area (Å²) in [5.74, 6) is -0.574. The molecule has 0 saturated carbocycles. The molecule has 0 saturated heterocycles. The highest BCUT2D eigenvalue weighted by molar-refractivity contribution is 5.79. The van der Waals surface area contributed by atoms with Gasteiger partial charge < -0.3 is 24.9 Å². The van der Waals surface area contributed by atoms with E-state index in [1.54, 1.807) is 17.4 Å². The predicted molar refractivity (Wildman–Crippen MR) is 238 cm³/mol. The van der Waals surface area contributed by atoms with Gasteiger partial charge in [0.2, 0.25) is 0 Å². The van der Waals surface area contributed by atoms with Crippen LogP contribution < -0.4 is 5.73 Å². The van der Waals surface area contributed by atoms with Crippen molar-refractivity contribution in [3.05, 3.63) is 42.8 Å². The zero-order valence-corrected chi connectivity index (χ0v) is 37.0. The number of hydrogen-bond donors (Lipinski definition) is 2. The standard InChI is InChI=1S/C48H88N4O5/c1-3-5-7-9-11-13-15-17-19-21-23-25-27-29-31-33-35-52(36-34-32-30-28-26-24-22-20-18-16-14-12-10-8-6-4-2)47(53)43-56-38-37-55-39-40-57-48(54)46(49)41-45-42-50-44-51-45/h33-36,42,44,46H,3-32,37-41,43,49H2,1-2H3,(H,50,51)/b35-33-,36-34+. The number of carbonyl (C=O) groups excluding carboxylic acids is 2. The highest BCUT2D eigenvalue weighted by Crippen LogP contribution is 2.15. The molecule has 1 aromatic rings. The fraction of sp³-hybridized carbons (Fsp3) is 0.812. The Morgan fingerprint density at radius 3 is 1.44 bits per heavy atom. The number of carbonyl (C=O) groups is 2. The molecule has 0 aliphatic heterocycles. The van der Waals surface area contributed by atoms with E-state index in [2.05, 4.69) is 36.0 Å². The summed E-state index contributed by atoms with van der Waals surface area (Å²) in [6.45, 7) is 5.46. The molecule has 1 aromatic heterocycles. The smallest absolute Gasteiger partial charge is 0.323 e. The van der Waals surface area contributed by atoms with Crippen LogP contribution in [0.25, 0.3) is 0 Å². The van der Waals surface area contributed by atoms with Gasteiger partial charge in [0.25, 0.3) is 5.91 Å². The third kappa shape index (κ3) is 35.2. The summed E-state index contributed by atoms with van der Waals surface area (Å²) in [6, 6.07) is -0.760. The Balaban J connectivity index is 2.26. The Bertz CT molecular complexity index is 1020. The fourth-order valence-electron chi connectivity index (χ4n) is 6.98. The number of nitrogens with zero attached hydrogens (tertiary/aromatic N) is 2. The minimum atomic E-state index is -0.760. The summed E-state index contributed by atoms with van der Waals surface area (Å²) in [6.07, 6.45) is 51.4. The van der Waals surface area contributed by atoms with Crippen LogP contribution in [0.1, 0.15) is 212 Å². The number of ether oxygens (including phenoxy) is 3. The predicted octanol–water partition coefficient (Wildman–Crippen LogP) is 12.5. The quantitative estimate of drug-likeness (QED) is 0.0498. The molecule has 1 unspecified atom stereocenters. The summed E-state index contributed by atoms with van der Waals surface area (Å²) < 4.78 is 16.4. The first-order chi connectivity index (χ1) is 28.1. The van der Waals surface area contributed by atoms with E-state index >= 15 is 0 Å². The van der Waals surface area contributed by atoms with Crippen molar-refractivity contribution in [3.63, 3.8) is 0 Å². The number of amides is 1. The van der Waals surface area contributed by atoms with Gasteiger partial charge in [-0.1, -0.05) is 193 Å². The van der Waals surface area contributed by atoms with Gasteiger partial charge in [-0.3, -0.25) is 14.5 Å². The molecule has 1 rings (SSSR count). The number of aromatic nitrogens is 2. The van der Waals surface area contributed by atoms with Crippen molar-refractivity contribution in [2.75, 3.05) is 33.0 Å². The van der Waals surface area contributed by atoms with E-state index < -0.39 is 12.0 Å². The van der Waals surface area contributed by atoms with E-state index in [-0.39, 0.29) is 32.3 Å². The van der Waals surface area contributed by atoms with Gasteiger partial charge in [-0.15, -0.1) is 0 Å². The number of allylic oxidation sites excluding steroid dienone is 2. The number of nitrogens with one attached hydrogen (secondary N) is 1. The number of aromatic amines is 1. The van der Waals surface area contributed by atoms with Crippen LogP contribution in [0.2, 0.25) is 0 Å². The van der Waals surface area contributed by atoms with Crippen LogP contribution >= 0.6 is 0 Å². The molecule has 57 heavy (non-hydrogen) atoms. The Hall–Kier alpha value is -2.49. The summed E-state index contributed by atoms with van der Waals surface area (Å²) >= 11 is 0. The molecule has 0 aromatic carbocycles. The summed E-state index contributed by atoms with van der Waals surface area (Å²) in [5, 5.41) is 0. The molecule has 0 aliphatic carbocycles. The molecule has 0 bridgehead atoms. The SMILES string of the molecule is CCCCCCCCCCCCCCCC/C=C\N(/C=C/CCCCCCCCCCCCCCCC)C(=O)COCCOCCOC(=O)C(N)Cc1cnc[nH]1. The van der Waals surface area contributed by atoms with E-state index in [0.29, 0.717) is 13.0 Å². The normalized spacial score (nSPS) is 12.3. The van der Waals surface area contributed by atoms with E-state index in [1.807, 2.05) is 12.4 Å². The fourth-order valence-corrected chi connectivity index (χ4v) is 6.98. The number of H-pyrrole nitrogens is 1. The lowest BCUT2D eigenvalue weighted by molar-refractivity contribution is -0.147. The highest BCUT2D eigenvalue weighted by atomic mass is 16.6. The molecule has 0 aliphatic rings. The van der Waals surface area contributed by atoms with Crippen LogP contribution in [0.5, 0.6) is 0 Å². The third-order valence-corrected chi connectivity index (χ3v) is 10.6. The largest absolute Gasteiger partial charge is 0.462 e. The number of esters is 1. The average Bonchev–Trinajstić information content (AvgIpc) is 3.73. The first kappa shape index (κ1) is 52.5. The number of imidazole rings is 1. The molecule has 0 fully saturated rings. The summed E-state index contributed by atoms with van der Waals surface area (Å²) in [5.41, 5.74) is 6.68. The Kier molecular flexibility index (Phi) is 38.4. The number of rotatable bonds is 43. The maximum atomic E-state index is 13.1. The van der Waals surface area contributed by atoms with Gasteiger partial charge in [-0.05, 0) is 25.7 Å². The van der Waals surface area contributed by atoms with Gasteiger partial charge in [-0.25, -0.2) is 4.98 Å². The number of unbranched alkanes of at least 4 members (excludes halogenated alkanes) is 28. The van der Waals surface area contributed by atoms with Gasteiger partial charge >= 0.3 is 5.97 Å². The minimum Gasteiger partial charge on any atom is -0.462 e. The highest BCUT2D eigenvalue weighted by Gasteiger charge is 2.16. The Morgan fingerprint density at radius 2 is 1.02 bits per heavy atom. The van der Waals surface area contributed by atoms with E-state index in [9.17, 15) is 9.59 Å². The van der Waals surface area contributed by atoms with E-state index in [0.717, 1.165) is 31.4 Å². The van der Waals surface area contributed by atoms with Crippen LogP contribution in [-0.4, -0.2) is 65.8 Å². The lowest BCUT2D eigenvalue weighted by Gasteiger charge is -2.14. The molecule has 0 radical (unpaired) electrons. The average molecular weight is 801 g/mol. The molecule has 0 spiro atoms. The molecule has 3 N–H and O–H groups in total. The van der Waals surface area contributed by atoms with Crippen LogP contribution in [-0.2, 0) is 30.2 Å². The molecule has 1 atom stereocenters. The maximum Gasteiger partial charge on any atom is 0.323 e. The van der Waals surface area contributed by atoms with Gasteiger partial charge in [0.05, 0.1) is 26.1 Å². The summed E-state index contributed by atoms with van der Waals surface area (Å²) in [4.78, 5) is 33.7. The monoisotopic (exact) mass is 801 g/mol. The van der Waals surface area contributed by atoms with Crippen molar-refractivity contribution in [3.8, 4) is 0 Å². The first-order valence-corrected chi connectivity index (χ1v) is 23.8. The van der Waals surface area contributed by atoms with Crippen LogP contribution in [0.15, 0.2) is 37.1 Å². The van der Waals surface area contributed by atoms with Gasteiger partial charge in [0.1, 0.15) is 19.3 Å². The molecular formula is C48H88N4O5. The summed E-state index contributed by atoms with van der Waals surface area (Å²) in [7, 11) is 0.